The standard InChI is InChI=1S/C24H16BNO/c1-15-6-7-18(14-26-15)16-8-10-17(11-9-16)19-12-21-20-4-2-3-5-23(20)27-24(21)22(25)13-19/h2-14H,1H3. The summed E-state index contributed by atoms with van der Waals surface area (Å²) in [5.74, 6) is 0. The normalized spacial score (nSPS) is 11.3. The van der Waals surface area contributed by atoms with Crippen LogP contribution < -0.4 is 5.46 Å². The number of benzene rings is 3. The van der Waals surface area contributed by atoms with Crippen molar-refractivity contribution in [3.05, 3.63) is 84.7 Å². The Bertz CT molecular complexity index is 1270. The highest BCUT2D eigenvalue weighted by Gasteiger charge is 2.11. The van der Waals surface area contributed by atoms with Crippen molar-refractivity contribution >= 4 is 35.2 Å². The molecular weight excluding hydrogens is 329 g/mol. The van der Waals surface area contributed by atoms with Crippen LogP contribution in [0.2, 0.25) is 0 Å². The van der Waals surface area contributed by atoms with Crippen molar-refractivity contribution in [3.63, 3.8) is 0 Å². The van der Waals surface area contributed by atoms with Gasteiger partial charge in [-0.1, -0.05) is 60.1 Å². The van der Waals surface area contributed by atoms with Gasteiger partial charge in [0.25, 0.3) is 0 Å². The number of furan rings is 1. The molecule has 0 aliphatic carbocycles. The third-order valence-electron chi connectivity index (χ3n) is 4.97. The quantitative estimate of drug-likeness (QED) is 0.400. The van der Waals surface area contributed by atoms with Crippen LogP contribution in [0.25, 0.3) is 44.2 Å². The highest BCUT2D eigenvalue weighted by atomic mass is 16.3. The number of rotatable bonds is 2. The summed E-state index contributed by atoms with van der Waals surface area (Å²) in [7, 11) is 6.29. The molecule has 0 spiro atoms. The molecular formula is C24H16BNO. The van der Waals surface area contributed by atoms with E-state index < -0.39 is 0 Å². The van der Waals surface area contributed by atoms with Gasteiger partial charge in [0.1, 0.15) is 19.0 Å². The molecule has 3 aromatic carbocycles. The van der Waals surface area contributed by atoms with E-state index in [2.05, 4.69) is 47.4 Å². The molecule has 0 unspecified atom stereocenters. The van der Waals surface area contributed by atoms with Gasteiger partial charge in [-0.25, -0.2) is 0 Å². The molecule has 0 amide bonds. The van der Waals surface area contributed by atoms with E-state index in [9.17, 15) is 0 Å². The summed E-state index contributed by atoms with van der Waals surface area (Å²) in [6, 6.07) is 24.8. The van der Waals surface area contributed by atoms with E-state index in [1.54, 1.807) is 0 Å². The molecule has 2 aromatic heterocycles. The SMILES string of the molecule is [B]c1cc(-c2ccc(-c3ccc(C)nc3)cc2)cc2c1oc1ccccc12. The number of hydrogen-bond donors (Lipinski definition) is 0. The smallest absolute Gasteiger partial charge is 0.135 e. The minimum atomic E-state index is 0.658. The number of nitrogens with zero attached hydrogens (tertiary/aromatic N) is 1. The van der Waals surface area contributed by atoms with Gasteiger partial charge in [0.15, 0.2) is 0 Å². The molecule has 3 heteroatoms. The second-order valence-corrected chi connectivity index (χ2v) is 6.81. The fraction of sp³-hybridized carbons (Fsp3) is 0.0417. The number of aryl methyl sites for hydroxylation is 1. The second-order valence-electron chi connectivity index (χ2n) is 6.81. The average Bonchev–Trinajstić information content (AvgIpc) is 3.08. The number of hydrogen-bond acceptors (Lipinski definition) is 2. The first-order chi connectivity index (χ1) is 13.2. The summed E-state index contributed by atoms with van der Waals surface area (Å²) in [5.41, 5.74) is 7.76. The molecule has 2 nitrogen and oxygen atoms in total. The van der Waals surface area contributed by atoms with Crippen LogP contribution >= 0.6 is 0 Å². The summed E-state index contributed by atoms with van der Waals surface area (Å²) in [6.07, 6.45) is 1.91. The number of para-hydroxylation sites is 1. The van der Waals surface area contributed by atoms with Crippen LogP contribution in [0.15, 0.2) is 83.4 Å². The van der Waals surface area contributed by atoms with Gasteiger partial charge in [0.2, 0.25) is 0 Å². The van der Waals surface area contributed by atoms with Crippen molar-refractivity contribution in [2.24, 2.45) is 0 Å². The van der Waals surface area contributed by atoms with Crippen LogP contribution in [0.5, 0.6) is 0 Å². The van der Waals surface area contributed by atoms with Gasteiger partial charge in [-0.15, -0.1) is 0 Å². The van der Waals surface area contributed by atoms with Crippen molar-refractivity contribution in [2.75, 3.05) is 0 Å². The molecule has 5 rings (SSSR count). The molecule has 0 saturated heterocycles. The van der Waals surface area contributed by atoms with Crippen molar-refractivity contribution in [1.29, 1.82) is 0 Å². The lowest BCUT2D eigenvalue weighted by Gasteiger charge is -2.07. The molecule has 0 aliphatic rings. The average molecular weight is 345 g/mol. The second kappa shape index (κ2) is 6.13. The highest BCUT2D eigenvalue weighted by molar-refractivity contribution is 6.39. The Morgan fingerprint density at radius 2 is 1.44 bits per heavy atom. The van der Waals surface area contributed by atoms with Crippen LogP contribution in [0.1, 0.15) is 5.69 Å². The van der Waals surface area contributed by atoms with Gasteiger partial charge in [-0.2, -0.15) is 0 Å². The molecule has 27 heavy (non-hydrogen) atoms. The predicted molar refractivity (Wildman–Crippen MR) is 113 cm³/mol. The lowest BCUT2D eigenvalue weighted by molar-refractivity contribution is 0.671. The van der Waals surface area contributed by atoms with Gasteiger partial charge in [0, 0.05) is 28.2 Å². The fourth-order valence-corrected chi connectivity index (χ4v) is 3.51. The largest absolute Gasteiger partial charge is 0.457 e. The Hall–Kier alpha value is -3.33. The van der Waals surface area contributed by atoms with Gasteiger partial charge < -0.3 is 4.42 Å². The molecule has 0 saturated carbocycles. The zero-order valence-electron chi connectivity index (χ0n) is 14.9. The monoisotopic (exact) mass is 345 g/mol. The number of fused-ring (bicyclic) bond motifs is 3. The molecule has 0 bridgehead atoms. The van der Waals surface area contributed by atoms with Crippen LogP contribution in [0, 0.1) is 6.92 Å². The molecule has 0 fully saturated rings. The van der Waals surface area contributed by atoms with Gasteiger partial charge in [0.05, 0.1) is 0 Å². The maximum atomic E-state index is 6.29. The Morgan fingerprint density at radius 1 is 0.741 bits per heavy atom. The molecule has 5 aromatic rings. The van der Waals surface area contributed by atoms with E-state index in [1.807, 2.05) is 43.5 Å². The Balaban J connectivity index is 1.60. The molecule has 0 atom stereocenters. The first kappa shape index (κ1) is 15.9. The topological polar surface area (TPSA) is 26.0 Å². The molecule has 2 radical (unpaired) electrons. The maximum absolute atomic E-state index is 6.29. The van der Waals surface area contributed by atoms with E-state index in [4.69, 9.17) is 12.3 Å². The van der Waals surface area contributed by atoms with E-state index in [1.165, 1.54) is 0 Å². The third kappa shape index (κ3) is 2.72. The van der Waals surface area contributed by atoms with E-state index in [0.717, 1.165) is 49.9 Å². The van der Waals surface area contributed by atoms with Gasteiger partial charge in [-0.05, 0) is 41.8 Å². The summed E-state index contributed by atoms with van der Waals surface area (Å²) in [6.45, 7) is 1.99. The first-order valence-corrected chi connectivity index (χ1v) is 8.93. The van der Waals surface area contributed by atoms with Crippen LogP contribution in [-0.2, 0) is 0 Å². The highest BCUT2D eigenvalue weighted by Crippen LogP contribution is 2.31. The van der Waals surface area contributed by atoms with Gasteiger partial charge >= 0.3 is 0 Å². The Labute approximate surface area is 158 Å². The molecule has 0 aliphatic heterocycles. The van der Waals surface area contributed by atoms with Crippen LogP contribution in [-0.4, -0.2) is 12.8 Å². The summed E-state index contributed by atoms with van der Waals surface area (Å²) >= 11 is 0. The maximum Gasteiger partial charge on any atom is 0.135 e. The van der Waals surface area contributed by atoms with Crippen molar-refractivity contribution in [1.82, 2.24) is 4.98 Å². The number of aromatic nitrogens is 1. The molecule has 126 valence electrons. The molecule has 2 heterocycles. The summed E-state index contributed by atoms with van der Waals surface area (Å²) in [4.78, 5) is 4.38. The Kier molecular flexibility index (Phi) is 3.61. The van der Waals surface area contributed by atoms with Gasteiger partial charge in [-0.3, -0.25) is 4.98 Å². The van der Waals surface area contributed by atoms with E-state index >= 15 is 0 Å². The third-order valence-corrected chi connectivity index (χ3v) is 4.97. The zero-order valence-corrected chi connectivity index (χ0v) is 14.9. The van der Waals surface area contributed by atoms with Crippen molar-refractivity contribution in [3.8, 4) is 22.3 Å². The fourth-order valence-electron chi connectivity index (χ4n) is 3.51. The number of pyridine rings is 1. The van der Waals surface area contributed by atoms with E-state index in [0.29, 0.717) is 5.46 Å². The van der Waals surface area contributed by atoms with Crippen LogP contribution in [0.3, 0.4) is 0 Å². The molecule has 0 N–H and O–H groups in total. The van der Waals surface area contributed by atoms with E-state index in [-0.39, 0.29) is 0 Å². The minimum absolute atomic E-state index is 0.658. The zero-order chi connectivity index (χ0) is 18.4. The lowest BCUT2D eigenvalue weighted by Crippen LogP contribution is -2.02. The predicted octanol–water partition coefficient (Wildman–Crippen LogP) is 5.42. The summed E-state index contributed by atoms with van der Waals surface area (Å²) < 4.78 is 5.93. The van der Waals surface area contributed by atoms with Crippen molar-refractivity contribution < 1.29 is 4.42 Å². The van der Waals surface area contributed by atoms with Crippen molar-refractivity contribution in [2.45, 2.75) is 6.92 Å². The lowest BCUT2D eigenvalue weighted by atomic mass is 9.89. The Morgan fingerprint density at radius 3 is 2.19 bits per heavy atom. The first-order valence-electron chi connectivity index (χ1n) is 8.93. The van der Waals surface area contributed by atoms with Crippen LogP contribution in [0.4, 0.5) is 0 Å². The summed E-state index contributed by atoms with van der Waals surface area (Å²) in [5, 5.41) is 2.14. The minimum Gasteiger partial charge on any atom is -0.457 e.